The Morgan fingerprint density at radius 1 is 1.12 bits per heavy atom. The normalized spacial score (nSPS) is 26.7. The molecule has 1 aromatic carbocycles. The highest BCUT2D eigenvalue weighted by molar-refractivity contribution is 5.75. The number of ether oxygens (including phenoxy) is 2. The fourth-order valence-electron chi connectivity index (χ4n) is 4.47. The van der Waals surface area contributed by atoms with Gasteiger partial charge in [0.15, 0.2) is 0 Å². The zero-order chi connectivity index (χ0) is 17.9. The Kier molecular flexibility index (Phi) is 5.31. The van der Waals surface area contributed by atoms with Crippen molar-refractivity contribution in [2.75, 3.05) is 53.0 Å². The van der Waals surface area contributed by atoms with E-state index in [1.807, 2.05) is 17.0 Å². The van der Waals surface area contributed by atoms with Crippen LogP contribution in [0.25, 0.3) is 0 Å². The zero-order valence-electron chi connectivity index (χ0n) is 15.6. The molecule has 142 valence electrons. The van der Waals surface area contributed by atoms with E-state index in [9.17, 15) is 4.79 Å². The molecule has 6 heteroatoms. The molecule has 4 fully saturated rings. The van der Waals surface area contributed by atoms with E-state index in [0.717, 1.165) is 51.4 Å². The van der Waals surface area contributed by atoms with Gasteiger partial charge in [-0.05, 0) is 36.5 Å². The number of amides is 2. The third kappa shape index (κ3) is 3.81. The number of morpholine rings is 1. The number of carbonyl (C=O) groups is 1. The van der Waals surface area contributed by atoms with Crippen molar-refractivity contribution >= 4 is 6.03 Å². The molecule has 0 aromatic heterocycles. The lowest BCUT2D eigenvalue weighted by atomic mass is 9.95. The number of hydrogen-bond donors (Lipinski definition) is 0. The van der Waals surface area contributed by atoms with Gasteiger partial charge in [0.2, 0.25) is 0 Å². The molecule has 0 N–H and O–H groups in total. The van der Waals surface area contributed by atoms with Crippen LogP contribution in [0.2, 0.25) is 0 Å². The first-order chi connectivity index (χ1) is 12.7. The smallest absolute Gasteiger partial charge is 0.320 e. The van der Waals surface area contributed by atoms with Crippen LogP contribution in [0.4, 0.5) is 4.79 Å². The summed E-state index contributed by atoms with van der Waals surface area (Å²) in [6.07, 6.45) is 2.36. The van der Waals surface area contributed by atoms with Gasteiger partial charge in [0.1, 0.15) is 5.75 Å². The number of fused-ring (bicyclic) bond motifs is 4. The molecule has 6 nitrogen and oxygen atoms in total. The molecule has 5 rings (SSSR count). The fraction of sp³-hybridized carbons (Fsp3) is 0.650. The van der Waals surface area contributed by atoms with E-state index in [1.165, 1.54) is 12.0 Å². The Hall–Kier alpha value is -1.79. The summed E-state index contributed by atoms with van der Waals surface area (Å²) in [6, 6.07) is 8.88. The second kappa shape index (κ2) is 7.84. The second-order valence-electron chi connectivity index (χ2n) is 7.67. The van der Waals surface area contributed by atoms with E-state index in [4.69, 9.17) is 9.47 Å². The van der Waals surface area contributed by atoms with Crippen LogP contribution in [0.5, 0.6) is 5.75 Å². The molecule has 0 radical (unpaired) electrons. The first-order valence-corrected chi connectivity index (χ1v) is 9.71. The van der Waals surface area contributed by atoms with E-state index in [2.05, 4.69) is 21.9 Å². The molecule has 2 amide bonds. The number of rotatable bonds is 3. The minimum atomic E-state index is 0.217. The lowest BCUT2D eigenvalue weighted by Crippen LogP contribution is -2.54. The summed E-state index contributed by atoms with van der Waals surface area (Å²) in [7, 11) is 1.70. The van der Waals surface area contributed by atoms with E-state index < -0.39 is 0 Å². The number of hydrogen-bond acceptors (Lipinski definition) is 4. The molecule has 1 aromatic rings. The monoisotopic (exact) mass is 359 g/mol. The third-order valence-electron chi connectivity index (χ3n) is 5.88. The van der Waals surface area contributed by atoms with Crippen LogP contribution in [0.1, 0.15) is 18.4 Å². The van der Waals surface area contributed by atoms with Crippen LogP contribution in [-0.2, 0) is 11.3 Å². The molecule has 4 aliphatic heterocycles. The lowest BCUT2D eigenvalue weighted by molar-refractivity contribution is 0.0341. The average molecular weight is 359 g/mol. The van der Waals surface area contributed by atoms with Gasteiger partial charge in [-0.1, -0.05) is 12.1 Å². The first kappa shape index (κ1) is 17.6. The van der Waals surface area contributed by atoms with Gasteiger partial charge < -0.3 is 19.3 Å². The minimum absolute atomic E-state index is 0.217. The molecular weight excluding hydrogens is 330 g/mol. The van der Waals surface area contributed by atoms with E-state index in [1.54, 1.807) is 7.11 Å². The van der Waals surface area contributed by atoms with Gasteiger partial charge in [0.05, 0.1) is 20.3 Å². The molecule has 4 aliphatic rings. The van der Waals surface area contributed by atoms with Crippen LogP contribution in [0.3, 0.4) is 0 Å². The summed E-state index contributed by atoms with van der Waals surface area (Å²) in [5.74, 6) is 1.48. The van der Waals surface area contributed by atoms with Gasteiger partial charge in [-0.3, -0.25) is 4.90 Å². The SMILES string of the molecule is COc1ccc(CN2C[C@H]3CC[C@@H](C2)N(C(=O)N2CCOCC2)C3)cc1. The van der Waals surface area contributed by atoms with Crippen LogP contribution >= 0.6 is 0 Å². The van der Waals surface area contributed by atoms with Crippen molar-refractivity contribution in [2.24, 2.45) is 5.92 Å². The topological polar surface area (TPSA) is 45.2 Å². The largest absolute Gasteiger partial charge is 0.497 e. The Morgan fingerprint density at radius 2 is 1.88 bits per heavy atom. The Balaban J connectivity index is 1.41. The van der Waals surface area contributed by atoms with Gasteiger partial charge in [-0.2, -0.15) is 0 Å². The third-order valence-corrected chi connectivity index (χ3v) is 5.88. The molecule has 2 atom stereocenters. The van der Waals surface area contributed by atoms with E-state index >= 15 is 0 Å². The Morgan fingerprint density at radius 3 is 2.62 bits per heavy atom. The summed E-state index contributed by atoms with van der Waals surface area (Å²) in [6.45, 7) is 6.67. The van der Waals surface area contributed by atoms with Crippen molar-refractivity contribution in [3.63, 3.8) is 0 Å². The minimum Gasteiger partial charge on any atom is -0.497 e. The van der Waals surface area contributed by atoms with Crippen LogP contribution < -0.4 is 4.74 Å². The van der Waals surface area contributed by atoms with Crippen molar-refractivity contribution in [2.45, 2.75) is 25.4 Å². The summed E-state index contributed by atoms with van der Waals surface area (Å²) < 4.78 is 10.6. The average Bonchev–Trinajstić information content (AvgIpc) is 2.99. The van der Waals surface area contributed by atoms with Crippen molar-refractivity contribution in [1.82, 2.24) is 14.7 Å². The van der Waals surface area contributed by atoms with E-state index in [-0.39, 0.29) is 6.03 Å². The molecular formula is C20H29N3O3. The predicted molar refractivity (Wildman–Crippen MR) is 99.3 cm³/mol. The molecule has 26 heavy (non-hydrogen) atoms. The van der Waals surface area contributed by atoms with Crippen LogP contribution in [0, 0.1) is 5.92 Å². The number of nitrogens with zero attached hydrogens (tertiary/aromatic N) is 3. The molecule has 0 saturated carbocycles. The second-order valence-corrected chi connectivity index (χ2v) is 7.67. The molecule has 0 unspecified atom stereocenters. The number of benzene rings is 1. The van der Waals surface area contributed by atoms with E-state index in [0.29, 0.717) is 25.2 Å². The Bertz CT molecular complexity index is 615. The molecule has 0 spiro atoms. The zero-order valence-corrected chi connectivity index (χ0v) is 15.6. The summed E-state index contributed by atoms with van der Waals surface area (Å²) >= 11 is 0. The highest BCUT2D eigenvalue weighted by atomic mass is 16.5. The Labute approximate surface area is 155 Å². The first-order valence-electron chi connectivity index (χ1n) is 9.71. The summed E-state index contributed by atoms with van der Waals surface area (Å²) in [5, 5.41) is 0. The van der Waals surface area contributed by atoms with Crippen molar-refractivity contribution in [3.05, 3.63) is 29.8 Å². The number of methoxy groups -OCH3 is 1. The molecule has 2 bridgehead atoms. The fourth-order valence-corrected chi connectivity index (χ4v) is 4.47. The quantitative estimate of drug-likeness (QED) is 0.829. The highest BCUT2D eigenvalue weighted by Crippen LogP contribution is 2.30. The van der Waals surface area contributed by atoms with Crippen LogP contribution in [-0.4, -0.2) is 79.8 Å². The van der Waals surface area contributed by atoms with Gasteiger partial charge in [-0.25, -0.2) is 4.79 Å². The van der Waals surface area contributed by atoms with Crippen LogP contribution in [0.15, 0.2) is 24.3 Å². The maximum atomic E-state index is 13.0. The highest BCUT2D eigenvalue weighted by Gasteiger charge is 2.38. The maximum absolute atomic E-state index is 13.0. The molecule has 4 saturated heterocycles. The van der Waals surface area contributed by atoms with Crippen molar-refractivity contribution in [1.29, 1.82) is 0 Å². The maximum Gasteiger partial charge on any atom is 0.320 e. The van der Waals surface area contributed by atoms with Crippen molar-refractivity contribution in [3.8, 4) is 5.75 Å². The predicted octanol–water partition coefficient (Wildman–Crippen LogP) is 2.04. The van der Waals surface area contributed by atoms with Crippen molar-refractivity contribution < 1.29 is 14.3 Å². The number of piperidine rings is 1. The molecule has 4 heterocycles. The van der Waals surface area contributed by atoms with Gasteiger partial charge in [0.25, 0.3) is 0 Å². The number of carbonyl (C=O) groups excluding carboxylic acids is 1. The van der Waals surface area contributed by atoms with Gasteiger partial charge in [-0.15, -0.1) is 0 Å². The summed E-state index contributed by atoms with van der Waals surface area (Å²) in [5.41, 5.74) is 1.30. The van der Waals surface area contributed by atoms with Gasteiger partial charge in [0, 0.05) is 45.3 Å². The standard InChI is InChI=1S/C20H29N3O3/c1-25-19-6-3-16(4-7-19)12-21-13-17-2-5-18(15-21)23(14-17)20(24)22-8-10-26-11-9-22/h3-4,6-7,17-18H,2,5,8-15H2,1H3/t17-,18+/m1/s1. The molecule has 0 aliphatic carbocycles. The number of urea groups is 1. The lowest BCUT2D eigenvalue weighted by Gasteiger charge is -2.40. The summed E-state index contributed by atoms with van der Waals surface area (Å²) in [4.78, 5) is 19.6. The van der Waals surface area contributed by atoms with Gasteiger partial charge >= 0.3 is 6.03 Å².